The number of nitrogens with zero attached hydrogens (tertiary/aromatic N) is 3. The second-order valence-corrected chi connectivity index (χ2v) is 4.71. The van der Waals surface area contributed by atoms with E-state index < -0.39 is 16.6 Å². The molecule has 1 N–H and O–H groups in total. The normalized spacial score (nSPS) is 10.2. The molecule has 1 heterocycles. The molecule has 0 fully saturated rings. The first-order valence-corrected chi connectivity index (χ1v) is 6.46. The van der Waals surface area contributed by atoms with Gasteiger partial charge in [-0.15, -0.1) is 11.8 Å². The highest BCUT2D eigenvalue weighted by atomic mass is 32.2. The fraction of sp³-hybridized carbons (Fsp3) is 0.0833. The molecular formula is C12H9N3O4S. The first-order valence-electron chi connectivity index (χ1n) is 5.48. The quantitative estimate of drug-likeness (QED) is 0.390. The monoisotopic (exact) mass is 291 g/mol. The Morgan fingerprint density at radius 1 is 1.40 bits per heavy atom. The number of nitro benzene ring substituents is 1. The Balaban J connectivity index is 2.30. The van der Waals surface area contributed by atoms with Crippen LogP contribution in [0.2, 0.25) is 0 Å². The van der Waals surface area contributed by atoms with Gasteiger partial charge in [-0.25, -0.2) is 14.8 Å². The number of hydrogen-bond donors (Lipinski definition) is 1. The minimum Gasteiger partial charge on any atom is -0.477 e. The van der Waals surface area contributed by atoms with Gasteiger partial charge in [0.1, 0.15) is 11.9 Å². The minimum absolute atomic E-state index is 0.278. The van der Waals surface area contributed by atoms with Crippen molar-refractivity contribution in [2.75, 3.05) is 0 Å². The van der Waals surface area contributed by atoms with E-state index in [2.05, 4.69) is 9.97 Å². The summed E-state index contributed by atoms with van der Waals surface area (Å²) < 4.78 is 0. The summed E-state index contributed by atoms with van der Waals surface area (Å²) in [4.78, 5) is 29.2. The summed E-state index contributed by atoms with van der Waals surface area (Å²) in [6.45, 7) is 0. The third-order valence-corrected chi connectivity index (χ3v) is 3.46. The predicted molar refractivity (Wildman–Crippen MR) is 71.6 cm³/mol. The summed E-state index contributed by atoms with van der Waals surface area (Å²) in [5.41, 5.74) is -0.298. The Morgan fingerprint density at radius 2 is 2.20 bits per heavy atom. The molecule has 7 nitrogen and oxygen atoms in total. The van der Waals surface area contributed by atoms with Crippen LogP contribution in [0.15, 0.2) is 41.8 Å². The molecule has 20 heavy (non-hydrogen) atoms. The fourth-order valence-corrected chi connectivity index (χ4v) is 2.44. The van der Waals surface area contributed by atoms with Crippen LogP contribution >= 0.6 is 11.8 Å². The average Bonchev–Trinajstić information content (AvgIpc) is 2.45. The standard InChI is InChI=1S/C12H9N3O4S/c16-12(17)11-8(2-1-3-9(11)15(18)19)6-20-10-4-5-13-7-14-10/h1-5,7H,6H2,(H,16,17). The van der Waals surface area contributed by atoms with Crippen LogP contribution in [0, 0.1) is 10.1 Å². The van der Waals surface area contributed by atoms with E-state index in [-0.39, 0.29) is 11.3 Å². The molecule has 0 aliphatic carbocycles. The van der Waals surface area contributed by atoms with E-state index >= 15 is 0 Å². The first-order chi connectivity index (χ1) is 9.59. The smallest absolute Gasteiger partial charge is 0.343 e. The molecule has 0 unspecified atom stereocenters. The predicted octanol–water partition coefficient (Wildman–Crippen LogP) is 2.38. The molecule has 0 saturated heterocycles. The maximum absolute atomic E-state index is 11.2. The lowest BCUT2D eigenvalue weighted by atomic mass is 10.1. The highest BCUT2D eigenvalue weighted by Crippen LogP contribution is 2.27. The SMILES string of the molecule is O=C(O)c1c(CSc2ccncn2)cccc1[N+](=O)[O-]. The van der Waals surface area contributed by atoms with E-state index in [0.717, 1.165) is 0 Å². The Labute approximate surface area is 117 Å². The van der Waals surface area contributed by atoms with E-state index in [1.165, 1.54) is 30.2 Å². The van der Waals surface area contributed by atoms with Crippen LogP contribution in [-0.4, -0.2) is 26.0 Å². The number of aromatic nitrogens is 2. The lowest BCUT2D eigenvalue weighted by Crippen LogP contribution is -2.06. The molecule has 1 aromatic heterocycles. The van der Waals surface area contributed by atoms with Crippen molar-refractivity contribution in [1.82, 2.24) is 9.97 Å². The Hall–Kier alpha value is -2.48. The fourth-order valence-electron chi connectivity index (χ4n) is 1.62. The largest absolute Gasteiger partial charge is 0.477 e. The summed E-state index contributed by atoms with van der Waals surface area (Å²) in [5.74, 6) is -1.03. The molecule has 0 radical (unpaired) electrons. The van der Waals surface area contributed by atoms with Crippen molar-refractivity contribution in [2.45, 2.75) is 10.8 Å². The van der Waals surface area contributed by atoms with Crippen LogP contribution in [-0.2, 0) is 5.75 Å². The van der Waals surface area contributed by atoms with E-state index in [1.807, 2.05) is 0 Å². The number of carboxylic acid groups (broad SMARTS) is 1. The Morgan fingerprint density at radius 3 is 2.80 bits per heavy atom. The molecule has 0 aliphatic rings. The van der Waals surface area contributed by atoms with Crippen molar-refractivity contribution < 1.29 is 14.8 Å². The zero-order valence-corrected chi connectivity index (χ0v) is 10.9. The summed E-state index contributed by atoms with van der Waals surface area (Å²) in [5, 5.41) is 20.7. The van der Waals surface area contributed by atoms with Crippen molar-refractivity contribution in [3.05, 3.63) is 58.0 Å². The van der Waals surface area contributed by atoms with Crippen molar-refractivity contribution >= 4 is 23.4 Å². The van der Waals surface area contributed by atoms with Gasteiger partial charge in [0.25, 0.3) is 5.69 Å². The summed E-state index contributed by atoms with van der Waals surface area (Å²) in [6, 6.07) is 5.90. The molecule has 1 aromatic carbocycles. The second-order valence-electron chi connectivity index (χ2n) is 3.71. The van der Waals surface area contributed by atoms with E-state index in [0.29, 0.717) is 10.6 Å². The summed E-state index contributed by atoms with van der Waals surface area (Å²) in [7, 11) is 0. The lowest BCUT2D eigenvalue weighted by molar-refractivity contribution is -0.385. The Bertz CT molecular complexity index is 648. The van der Waals surface area contributed by atoms with Crippen LogP contribution in [0.1, 0.15) is 15.9 Å². The molecule has 2 rings (SSSR count). The van der Waals surface area contributed by atoms with Gasteiger partial charge in [0, 0.05) is 18.0 Å². The molecule has 0 aliphatic heterocycles. The van der Waals surface area contributed by atoms with Gasteiger partial charge in [0.05, 0.1) is 9.95 Å². The van der Waals surface area contributed by atoms with Crippen LogP contribution < -0.4 is 0 Å². The van der Waals surface area contributed by atoms with Crippen LogP contribution in [0.3, 0.4) is 0 Å². The van der Waals surface area contributed by atoms with Crippen LogP contribution in [0.5, 0.6) is 0 Å². The first kappa shape index (κ1) is 13.9. The van der Waals surface area contributed by atoms with E-state index in [9.17, 15) is 14.9 Å². The number of hydrogen-bond acceptors (Lipinski definition) is 6. The van der Waals surface area contributed by atoms with Crippen LogP contribution in [0.4, 0.5) is 5.69 Å². The number of nitro groups is 1. The molecule has 0 bridgehead atoms. The molecule has 0 saturated carbocycles. The summed E-state index contributed by atoms with van der Waals surface area (Å²) >= 11 is 1.29. The lowest BCUT2D eigenvalue weighted by Gasteiger charge is -2.06. The van der Waals surface area contributed by atoms with Crippen molar-refractivity contribution in [1.29, 1.82) is 0 Å². The number of carboxylic acids is 1. The molecule has 0 amide bonds. The third-order valence-electron chi connectivity index (χ3n) is 2.47. The van der Waals surface area contributed by atoms with Crippen molar-refractivity contribution in [2.24, 2.45) is 0 Å². The Kier molecular flexibility index (Phi) is 4.26. The number of thioether (sulfide) groups is 1. The molecule has 0 spiro atoms. The van der Waals surface area contributed by atoms with Gasteiger partial charge in [0.2, 0.25) is 0 Å². The van der Waals surface area contributed by atoms with Gasteiger partial charge in [-0.05, 0) is 11.6 Å². The molecule has 2 aromatic rings. The number of aromatic carboxylic acids is 1. The van der Waals surface area contributed by atoms with E-state index in [1.54, 1.807) is 18.3 Å². The maximum Gasteiger partial charge on any atom is 0.343 e. The summed E-state index contributed by atoms with van der Waals surface area (Å²) in [6.07, 6.45) is 2.95. The number of carbonyl (C=O) groups is 1. The topological polar surface area (TPSA) is 106 Å². The van der Waals surface area contributed by atoms with Gasteiger partial charge in [-0.2, -0.15) is 0 Å². The number of benzene rings is 1. The molecular weight excluding hydrogens is 282 g/mol. The second kappa shape index (κ2) is 6.11. The maximum atomic E-state index is 11.2. The number of rotatable bonds is 5. The van der Waals surface area contributed by atoms with Crippen LogP contribution in [0.25, 0.3) is 0 Å². The molecule has 0 atom stereocenters. The zero-order chi connectivity index (χ0) is 14.5. The highest BCUT2D eigenvalue weighted by Gasteiger charge is 2.23. The van der Waals surface area contributed by atoms with E-state index in [4.69, 9.17) is 5.11 Å². The third kappa shape index (κ3) is 3.09. The molecule has 102 valence electrons. The van der Waals surface area contributed by atoms with Gasteiger partial charge in [-0.1, -0.05) is 12.1 Å². The van der Waals surface area contributed by atoms with Gasteiger partial charge in [0.15, 0.2) is 0 Å². The van der Waals surface area contributed by atoms with Crippen molar-refractivity contribution in [3.8, 4) is 0 Å². The van der Waals surface area contributed by atoms with Gasteiger partial charge in [-0.3, -0.25) is 10.1 Å². The highest BCUT2D eigenvalue weighted by molar-refractivity contribution is 7.98. The minimum atomic E-state index is -1.31. The molecule has 8 heteroatoms. The van der Waals surface area contributed by atoms with Gasteiger partial charge >= 0.3 is 5.97 Å². The van der Waals surface area contributed by atoms with Gasteiger partial charge < -0.3 is 5.11 Å². The zero-order valence-electron chi connectivity index (χ0n) is 10.1. The van der Waals surface area contributed by atoms with Crippen molar-refractivity contribution in [3.63, 3.8) is 0 Å². The average molecular weight is 291 g/mol.